The Bertz CT molecular complexity index is 381. The van der Waals surface area contributed by atoms with E-state index in [4.69, 9.17) is 5.11 Å². The highest BCUT2D eigenvalue weighted by molar-refractivity contribution is 7.09. The molecule has 2 amide bonds. The first-order valence-electron chi connectivity index (χ1n) is 5.75. The van der Waals surface area contributed by atoms with Crippen molar-refractivity contribution in [3.05, 3.63) is 16.6 Å². The van der Waals surface area contributed by atoms with Gasteiger partial charge in [0.25, 0.3) is 0 Å². The minimum Gasteiger partial charge on any atom is -0.481 e. The van der Waals surface area contributed by atoms with E-state index in [0.29, 0.717) is 13.0 Å². The molecule has 0 fully saturated rings. The third kappa shape index (κ3) is 5.62. The van der Waals surface area contributed by atoms with Crippen molar-refractivity contribution >= 4 is 23.3 Å². The van der Waals surface area contributed by atoms with Gasteiger partial charge in [0, 0.05) is 17.1 Å². The highest BCUT2D eigenvalue weighted by Gasteiger charge is 2.14. The van der Waals surface area contributed by atoms with Gasteiger partial charge in [-0.15, -0.1) is 11.3 Å². The molecule has 0 bridgehead atoms. The second-order valence-electron chi connectivity index (χ2n) is 3.88. The summed E-state index contributed by atoms with van der Waals surface area (Å²) in [5, 5.41) is 14.1. The van der Waals surface area contributed by atoms with Crippen molar-refractivity contribution in [1.29, 1.82) is 0 Å². The monoisotopic (exact) mass is 271 g/mol. The van der Waals surface area contributed by atoms with Crippen LogP contribution in [0.1, 0.15) is 31.1 Å². The lowest BCUT2D eigenvalue weighted by Crippen LogP contribution is -2.42. The fourth-order valence-electron chi connectivity index (χ4n) is 1.52. The van der Waals surface area contributed by atoms with Crippen LogP contribution >= 0.6 is 11.3 Å². The molecule has 0 aliphatic heterocycles. The Balaban J connectivity index is 2.33. The van der Waals surface area contributed by atoms with Crippen LogP contribution < -0.4 is 10.6 Å². The van der Waals surface area contributed by atoms with Gasteiger partial charge in [0.05, 0.1) is 18.5 Å². The Labute approximate surface area is 109 Å². The van der Waals surface area contributed by atoms with Gasteiger partial charge in [-0.3, -0.25) is 9.78 Å². The van der Waals surface area contributed by atoms with Gasteiger partial charge in [-0.1, -0.05) is 13.3 Å². The van der Waals surface area contributed by atoms with Crippen LogP contribution in [-0.4, -0.2) is 28.1 Å². The Hall–Kier alpha value is -1.63. The summed E-state index contributed by atoms with van der Waals surface area (Å²) in [4.78, 5) is 27.1. The average Bonchev–Trinajstić information content (AvgIpc) is 2.78. The number of hydrogen-bond donors (Lipinski definition) is 3. The number of aromatic nitrogens is 1. The van der Waals surface area contributed by atoms with Crippen molar-refractivity contribution in [2.24, 2.45) is 0 Å². The minimum atomic E-state index is -0.906. The molecule has 0 aromatic carbocycles. The third-order valence-electron chi connectivity index (χ3n) is 2.30. The number of hydrogen-bond acceptors (Lipinski definition) is 4. The fourth-order valence-corrected chi connectivity index (χ4v) is 2.05. The Morgan fingerprint density at radius 3 is 2.89 bits per heavy atom. The number of carbonyl (C=O) groups is 2. The number of nitrogens with one attached hydrogen (secondary N) is 2. The standard InChI is InChI=1S/C11H17N3O3S/c1-2-3-8(4-10(15)16)14-11(17)13-6-9-5-12-7-18-9/h5,7-8H,2-4,6H2,1H3,(H,15,16)(H2,13,14,17). The molecule has 3 N–H and O–H groups in total. The van der Waals surface area contributed by atoms with Gasteiger partial charge >= 0.3 is 12.0 Å². The summed E-state index contributed by atoms with van der Waals surface area (Å²) in [5.74, 6) is -0.906. The molecule has 100 valence electrons. The zero-order valence-electron chi connectivity index (χ0n) is 10.2. The van der Waals surface area contributed by atoms with Crippen LogP contribution in [0.15, 0.2) is 11.7 Å². The van der Waals surface area contributed by atoms with Gasteiger partial charge in [-0.25, -0.2) is 4.79 Å². The van der Waals surface area contributed by atoms with Crippen molar-refractivity contribution in [2.75, 3.05) is 0 Å². The van der Waals surface area contributed by atoms with Gasteiger partial charge in [0.15, 0.2) is 0 Å². The maximum atomic E-state index is 11.6. The summed E-state index contributed by atoms with van der Waals surface area (Å²) in [7, 11) is 0. The molecular formula is C11H17N3O3S. The highest BCUT2D eigenvalue weighted by atomic mass is 32.1. The molecule has 0 radical (unpaired) electrons. The van der Waals surface area contributed by atoms with Crippen LogP contribution in [0, 0.1) is 0 Å². The molecule has 0 saturated heterocycles. The first-order valence-corrected chi connectivity index (χ1v) is 6.63. The van der Waals surface area contributed by atoms with Gasteiger partial charge < -0.3 is 15.7 Å². The number of amides is 2. The first-order chi connectivity index (χ1) is 8.61. The molecule has 6 nitrogen and oxygen atoms in total. The maximum Gasteiger partial charge on any atom is 0.315 e. The summed E-state index contributed by atoms with van der Waals surface area (Å²) in [6.07, 6.45) is 3.11. The molecule has 1 unspecified atom stereocenters. The normalized spacial score (nSPS) is 11.8. The second kappa shape index (κ2) is 7.65. The Morgan fingerprint density at radius 2 is 2.33 bits per heavy atom. The van der Waals surface area contributed by atoms with E-state index in [2.05, 4.69) is 15.6 Å². The predicted octanol–water partition coefficient (Wildman–Crippen LogP) is 1.59. The van der Waals surface area contributed by atoms with Crippen molar-refractivity contribution < 1.29 is 14.7 Å². The largest absolute Gasteiger partial charge is 0.481 e. The van der Waals surface area contributed by atoms with Gasteiger partial charge in [-0.05, 0) is 6.42 Å². The summed E-state index contributed by atoms with van der Waals surface area (Å²) in [6, 6.07) is -0.669. The van der Waals surface area contributed by atoms with Crippen molar-refractivity contribution in [3.8, 4) is 0 Å². The zero-order valence-corrected chi connectivity index (χ0v) is 11.0. The summed E-state index contributed by atoms with van der Waals surface area (Å²) in [5.41, 5.74) is 1.69. The molecule has 1 aromatic heterocycles. The van der Waals surface area contributed by atoms with Gasteiger partial charge in [0.2, 0.25) is 0 Å². The van der Waals surface area contributed by atoms with E-state index >= 15 is 0 Å². The Kier molecular flexibility index (Phi) is 6.13. The molecule has 0 aliphatic rings. The quantitative estimate of drug-likeness (QED) is 0.702. The molecule has 7 heteroatoms. The van der Waals surface area contributed by atoms with E-state index in [1.807, 2.05) is 6.92 Å². The molecule has 18 heavy (non-hydrogen) atoms. The van der Waals surface area contributed by atoms with Crippen LogP contribution in [0.2, 0.25) is 0 Å². The summed E-state index contributed by atoms with van der Waals surface area (Å²) in [6.45, 7) is 2.36. The number of carboxylic acid groups (broad SMARTS) is 1. The van der Waals surface area contributed by atoms with E-state index in [1.165, 1.54) is 11.3 Å². The van der Waals surface area contributed by atoms with Crippen molar-refractivity contribution in [2.45, 2.75) is 38.8 Å². The SMILES string of the molecule is CCCC(CC(=O)O)NC(=O)NCc1cncs1. The molecule has 1 heterocycles. The van der Waals surface area contributed by atoms with Crippen LogP contribution in [0.5, 0.6) is 0 Å². The van der Waals surface area contributed by atoms with E-state index < -0.39 is 5.97 Å². The fraction of sp³-hybridized carbons (Fsp3) is 0.545. The number of thiazole rings is 1. The van der Waals surface area contributed by atoms with Crippen LogP contribution in [0.4, 0.5) is 4.79 Å². The van der Waals surface area contributed by atoms with Crippen LogP contribution in [0.25, 0.3) is 0 Å². The predicted molar refractivity (Wildman–Crippen MR) is 68.4 cm³/mol. The number of carbonyl (C=O) groups excluding carboxylic acids is 1. The van der Waals surface area contributed by atoms with Crippen LogP contribution in [-0.2, 0) is 11.3 Å². The molecule has 0 saturated carbocycles. The smallest absolute Gasteiger partial charge is 0.315 e. The zero-order chi connectivity index (χ0) is 13.4. The highest BCUT2D eigenvalue weighted by Crippen LogP contribution is 2.05. The second-order valence-corrected chi connectivity index (χ2v) is 4.85. The number of carboxylic acids is 1. The number of rotatable bonds is 7. The van der Waals surface area contributed by atoms with E-state index in [1.54, 1.807) is 11.7 Å². The molecule has 0 spiro atoms. The Morgan fingerprint density at radius 1 is 1.56 bits per heavy atom. The lowest BCUT2D eigenvalue weighted by Gasteiger charge is -2.16. The summed E-state index contributed by atoms with van der Waals surface area (Å²) < 4.78 is 0. The van der Waals surface area contributed by atoms with Crippen LogP contribution in [0.3, 0.4) is 0 Å². The van der Waals surface area contributed by atoms with Gasteiger partial charge in [0.1, 0.15) is 0 Å². The topological polar surface area (TPSA) is 91.3 Å². The number of nitrogens with zero attached hydrogens (tertiary/aromatic N) is 1. The van der Waals surface area contributed by atoms with Gasteiger partial charge in [-0.2, -0.15) is 0 Å². The average molecular weight is 271 g/mol. The van der Waals surface area contributed by atoms with Crippen molar-refractivity contribution in [1.82, 2.24) is 15.6 Å². The van der Waals surface area contributed by atoms with E-state index in [9.17, 15) is 9.59 Å². The number of urea groups is 1. The maximum absolute atomic E-state index is 11.6. The third-order valence-corrected chi connectivity index (χ3v) is 3.08. The van der Waals surface area contributed by atoms with Crippen molar-refractivity contribution in [3.63, 3.8) is 0 Å². The van der Waals surface area contributed by atoms with E-state index in [-0.39, 0.29) is 18.5 Å². The summed E-state index contributed by atoms with van der Waals surface area (Å²) >= 11 is 1.46. The molecule has 1 atom stereocenters. The molecular weight excluding hydrogens is 254 g/mol. The van der Waals surface area contributed by atoms with E-state index in [0.717, 1.165) is 11.3 Å². The number of aliphatic carboxylic acids is 1. The lowest BCUT2D eigenvalue weighted by atomic mass is 10.1. The molecule has 1 aromatic rings. The molecule has 0 aliphatic carbocycles. The lowest BCUT2D eigenvalue weighted by molar-refractivity contribution is -0.137. The first kappa shape index (κ1) is 14.4. The minimum absolute atomic E-state index is 0.0538. The molecule has 1 rings (SSSR count).